The molecule has 0 saturated carbocycles. The van der Waals surface area contributed by atoms with Gasteiger partial charge in [-0.15, -0.1) is 0 Å². The lowest BCUT2D eigenvalue weighted by Gasteiger charge is -2.31. The first-order valence-electron chi connectivity index (χ1n) is 12.0. The van der Waals surface area contributed by atoms with Crippen LogP contribution in [0.15, 0.2) is 30.5 Å². The molecule has 35 heavy (non-hydrogen) atoms. The van der Waals surface area contributed by atoms with Crippen molar-refractivity contribution < 1.29 is 13.2 Å². The molecule has 2 saturated heterocycles. The van der Waals surface area contributed by atoms with Crippen LogP contribution in [-0.2, 0) is 6.18 Å². The van der Waals surface area contributed by atoms with E-state index in [1.807, 2.05) is 13.0 Å². The summed E-state index contributed by atoms with van der Waals surface area (Å²) in [6, 6.07) is 5.25. The maximum absolute atomic E-state index is 13.4. The summed E-state index contributed by atoms with van der Waals surface area (Å²) in [6.07, 6.45) is 0.475. The summed E-state index contributed by atoms with van der Waals surface area (Å²) in [7, 11) is 2.12. The van der Waals surface area contributed by atoms with Crippen LogP contribution in [0.1, 0.15) is 55.0 Å². The van der Waals surface area contributed by atoms with E-state index in [4.69, 9.17) is 20.7 Å². The summed E-state index contributed by atoms with van der Waals surface area (Å²) in [6.45, 7) is 5.62. The lowest BCUT2D eigenvalue weighted by Crippen LogP contribution is -2.38. The molecule has 10 heteroatoms. The minimum absolute atomic E-state index is 0.0750. The van der Waals surface area contributed by atoms with Gasteiger partial charge in [0.1, 0.15) is 5.82 Å². The summed E-state index contributed by atoms with van der Waals surface area (Å²) >= 11 is 0. The molecule has 2 fully saturated rings. The topological polar surface area (TPSA) is 83.2 Å². The zero-order valence-corrected chi connectivity index (χ0v) is 19.9. The number of nitrogen functional groups attached to an aromatic ring is 1. The van der Waals surface area contributed by atoms with Crippen LogP contribution in [0, 0.1) is 0 Å². The van der Waals surface area contributed by atoms with Crippen LogP contribution >= 0.6 is 0 Å². The van der Waals surface area contributed by atoms with Gasteiger partial charge in [0, 0.05) is 35.8 Å². The van der Waals surface area contributed by atoms with Gasteiger partial charge in [-0.3, -0.25) is 4.98 Å². The number of aromatic nitrogens is 3. The summed E-state index contributed by atoms with van der Waals surface area (Å²) in [5, 5.41) is 4.18. The van der Waals surface area contributed by atoms with Crippen LogP contribution in [0.2, 0.25) is 0 Å². The fourth-order valence-electron chi connectivity index (χ4n) is 4.71. The van der Waals surface area contributed by atoms with Gasteiger partial charge in [-0.2, -0.15) is 18.2 Å². The summed E-state index contributed by atoms with van der Waals surface area (Å²) < 4.78 is 40.1. The van der Waals surface area contributed by atoms with E-state index in [0.717, 1.165) is 74.2 Å². The van der Waals surface area contributed by atoms with E-state index < -0.39 is 17.8 Å². The van der Waals surface area contributed by atoms with Crippen LogP contribution in [0.25, 0.3) is 10.9 Å². The van der Waals surface area contributed by atoms with Gasteiger partial charge >= 0.3 is 6.18 Å². The molecule has 3 aromatic rings. The number of benzene rings is 1. The highest BCUT2D eigenvalue weighted by Crippen LogP contribution is 2.35. The second kappa shape index (κ2) is 9.14. The van der Waals surface area contributed by atoms with Gasteiger partial charge in [-0.05, 0) is 76.2 Å². The first kappa shape index (κ1) is 23.6. The second-order valence-electron chi connectivity index (χ2n) is 9.67. The van der Waals surface area contributed by atoms with E-state index in [1.54, 1.807) is 12.3 Å². The van der Waals surface area contributed by atoms with Gasteiger partial charge in [-0.1, -0.05) is 0 Å². The van der Waals surface area contributed by atoms with E-state index in [0.29, 0.717) is 23.2 Å². The van der Waals surface area contributed by atoms with Gasteiger partial charge in [0.15, 0.2) is 0 Å². The van der Waals surface area contributed by atoms with E-state index in [-0.39, 0.29) is 5.69 Å². The minimum atomic E-state index is -4.47. The smallest absolute Gasteiger partial charge is 0.399 e. The number of nitrogens with one attached hydrogen (secondary N) is 1. The van der Waals surface area contributed by atoms with Crippen molar-refractivity contribution >= 4 is 28.4 Å². The molecule has 0 unspecified atom stereocenters. The van der Waals surface area contributed by atoms with Crippen LogP contribution in [0.3, 0.4) is 0 Å². The standard InChI is InChI=1S/C25H30F3N7/c1-15(17-10-18(25(26,27)28)12-19(29)11-17)31-23-20-13-21(16-4-8-34(2)9-5-16)30-14-22(20)32-24(33-23)35-6-3-7-35/h10-16H,3-9,29H2,1-2H3,(H,31,32,33)/t15-/m1/s1. The van der Waals surface area contributed by atoms with Crippen molar-refractivity contribution in [3.8, 4) is 0 Å². The molecule has 0 aliphatic carbocycles. The third kappa shape index (κ3) is 4.98. The van der Waals surface area contributed by atoms with E-state index in [9.17, 15) is 13.2 Å². The quantitative estimate of drug-likeness (QED) is 0.502. The lowest BCUT2D eigenvalue weighted by atomic mass is 9.93. The Morgan fingerprint density at radius 2 is 1.80 bits per heavy atom. The van der Waals surface area contributed by atoms with Crippen molar-refractivity contribution in [2.75, 3.05) is 49.2 Å². The number of rotatable bonds is 5. The van der Waals surface area contributed by atoms with Gasteiger partial charge in [-0.25, -0.2) is 4.98 Å². The predicted molar refractivity (Wildman–Crippen MR) is 132 cm³/mol. The van der Waals surface area contributed by atoms with Crippen molar-refractivity contribution in [3.05, 3.63) is 47.3 Å². The second-order valence-corrected chi connectivity index (χ2v) is 9.67. The minimum Gasteiger partial charge on any atom is -0.399 e. The molecule has 2 aliphatic heterocycles. The van der Waals surface area contributed by atoms with Gasteiger partial charge < -0.3 is 20.9 Å². The molecule has 1 atom stereocenters. The average molecular weight is 486 g/mol. The Hall–Kier alpha value is -3.14. The van der Waals surface area contributed by atoms with Crippen molar-refractivity contribution in [1.29, 1.82) is 0 Å². The molecular formula is C25H30F3N7. The Bertz CT molecular complexity index is 1220. The molecule has 0 bridgehead atoms. The maximum atomic E-state index is 13.4. The predicted octanol–water partition coefficient (Wildman–Crippen LogP) is 4.82. The number of likely N-dealkylation sites (tertiary alicyclic amines) is 1. The molecule has 3 N–H and O–H groups in total. The molecule has 7 nitrogen and oxygen atoms in total. The number of piperidine rings is 1. The first-order valence-corrected chi connectivity index (χ1v) is 12.0. The summed E-state index contributed by atoms with van der Waals surface area (Å²) in [4.78, 5) is 18.7. The SMILES string of the molecule is C[C@@H](Nc1nc(N2CCC2)nc2cnc(C3CCN(C)CC3)cc12)c1cc(N)cc(C(F)(F)F)c1. The van der Waals surface area contributed by atoms with Gasteiger partial charge in [0.2, 0.25) is 5.95 Å². The van der Waals surface area contributed by atoms with Crippen molar-refractivity contribution in [3.63, 3.8) is 0 Å². The first-order chi connectivity index (χ1) is 16.7. The monoisotopic (exact) mass is 485 g/mol. The number of hydrogen-bond donors (Lipinski definition) is 2. The molecule has 1 aromatic carbocycles. The molecule has 0 amide bonds. The zero-order chi connectivity index (χ0) is 24.7. The Kier molecular flexibility index (Phi) is 6.16. The third-order valence-electron chi connectivity index (χ3n) is 7.03. The number of fused-ring (bicyclic) bond motifs is 1. The number of halogens is 3. The maximum Gasteiger partial charge on any atom is 0.416 e. The Morgan fingerprint density at radius 1 is 1.06 bits per heavy atom. The molecule has 186 valence electrons. The molecule has 2 aliphatic rings. The number of hydrogen-bond acceptors (Lipinski definition) is 7. The lowest BCUT2D eigenvalue weighted by molar-refractivity contribution is -0.137. The number of pyridine rings is 1. The molecular weight excluding hydrogens is 455 g/mol. The molecule has 2 aromatic heterocycles. The number of nitrogens with two attached hydrogens (primary N) is 1. The number of nitrogens with zero attached hydrogens (tertiary/aromatic N) is 5. The Balaban J connectivity index is 1.52. The molecule has 0 spiro atoms. The van der Waals surface area contributed by atoms with E-state index in [1.165, 1.54) is 0 Å². The third-order valence-corrected chi connectivity index (χ3v) is 7.03. The van der Waals surface area contributed by atoms with Crippen molar-refractivity contribution in [2.24, 2.45) is 0 Å². The Morgan fingerprint density at radius 3 is 2.46 bits per heavy atom. The van der Waals surface area contributed by atoms with E-state index >= 15 is 0 Å². The average Bonchev–Trinajstić information content (AvgIpc) is 2.77. The van der Waals surface area contributed by atoms with Crippen LogP contribution < -0.4 is 16.0 Å². The fraction of sp³-hybridized carbons (Fsp3) is 0.480. The summed E-state index contributed by atoms with van der Waals surface area (Å²) in [5.74, 6) is 1.56. The Labute approximate surface area is 202 Å². The highest BCUT2D eigenvalue weighted by molar-refractivity contribution is 5.90. The van der Waals surface area contributed by atoms with E-state index in [2.05, 4.69) is 22.2 Å². The van der Waals surface area contributed by atoms with Crippen LogP contribution in [0.4, 0.5) is 30.6 Å². The zero-order valence-electron chi connectivity index (χ0n) is 19.9. The van der Waals surface area contributed by atoms with Crippen LogP contribution in [0.5, 0.6) is 0 Å². The van der Waals surface area contributed by atoms with Gasteiger partial charge in [0.25, 0.3) is 0 Å². The van der Waals surface area contributed by atoms with Crippen molar-refractivity contribution in [1.82, 2.24) is 19.9 Å². The molecule has 0 radical (unpaired) electrons. The van der Waals surface area contributed by atoms with Crippen LogP contribution in [-0.4, -0.2) is 53.1 Å². The number of anilines is 3. The molecule has 5 rings (SSSR count). The van der Waals surface area contributed by atoms with Crippen molar-refractivity contribution in [2.45, 2.75) is 44.3 Å². The highest BCUT2D eigenvalue weighted by atomic mass is 19.4. The highest BCUT2D eigenvalue weighted by Gasteiger charge is 2.31. The number of alkyl halides is 3. The fourth-order valence-corrected chi connectivity index (χ4v) is 4.71. The van der Waals surface area contributed by atoms with Gasteiger partial charge in [0.05, 0.1) is 23.3 Å². The summed E-state index contributed by atoms with van der Waals surface area (Å²) in [5.41, 5.74) is 7.29. The normalized spacial score (nSPS) is 18.5. The largest absolute Gasteiger partial charge is 0.416 e. The molecule has 4 heterocycles.